The maximum Gasteiger partial charge on any atom is 0.492 e. The number of anilines is 1. The van der Waals surface area contributed by atoms with Crippen LogP contribution in [0, 0.1) is 0 Å². The number of rotatable bonds is 13. The second-order valence-electron chi connectivity index (χ2n) is 10.8. The van der Waals surface area contributed by atoms with Gasteiger partial charge in [-0.1, -0.05) is 18.2 Å². The topological polar surface area (TPSA) is 186 Å². The molecule has 1 aliphatic heterocycles. The molecule has 0 bridgehead atoms. The Morgan fingerprint density at radius 1 is 1.05 bits per heavy atom. The van der Waals surface area contributed by atoms with E-state index in [-0.39, 0.29) is 38.3 Å². The third kappa shape index (κ3) is 9.00. The molecule has 0 aromatic heterocycles. The van der Waals surface area contributed by atoms with Gasteiger partial charge in [0, 0.05) is 44.7 Å². The lowest BCUT2D eigenvalue weighted by Gasteiger charge is -2.23. The molecule has 1 aliphatic rings. The molecule has 0 saturated carbocycles. The maximum atomic E-state index is 13.4. The lowest BCUT2D eigenvalue weighted by atomic mass is 9.78. The maximum absolute atomic E-state index is 13.4. The number of amides is 3. The number of hydrogen-bond acceptors (Lipinski definition) is 8. The van der Waals surface area contributed by atoms with Crippen molar-refractivity contribution >= 4 is 36.0 Å². The van der Waals surface area contributed by atoms with Crippen LogP contribution in [0.5, 0.6) is 0 Å². The number of nitrogens with one attached hydrogen (secondary N) is 2. The number of hydrogen-bond donors (Lipinski definition) is 6. The highest BCUT2D eigenvalue weighted by Gasteiger charge is 2.40. The summed E-state index contributed by atoms with van der Waals surface area (Å²) in [7, 11) is -1.20. The highest BCUT2D eigenvalue weighted by Crippen LogP contribution is 2.31. The first-order chi connectivity index (χ1) is 20.2. The summed E-state index contributed by atoms with van der Waals surface area (Å²) >= 11 is 0. The Balaban J connectivity index is 1.75. The summed E-state index contributed by atoms with van der Waals surface area (Å²) in [5.74, 6) is -1.66. The fraction of sp³-hybridized carbons (Fsp3) is 0.464. The number of nitrogens with zero attached hydrogens (tertiary/aromatic N) is 1. The van der Waals surface area contributed by atoms with Gasteiger partial charge < -0.3 is 42.4 Å². The first-order valence-corrected chi connectivity index (χ1v) is 13.9. The molecule has 0 spiro atoms. The molecule has 0 saturated heterocycles. The molecule has 2 aromatic rings. The Kier molecular flexibility index (Phi) is 11.3. The van der Waals surface area contributed by atoms with E-state index in [9.17, 15) is 32.6 Å². The minimum Gasteiger partial charge on any atom is -0.423 e. The molecular formula is C28H38BF3N6O5. The summed E-state index contributed by atoms with van der Waals surface area (Å²) in [6.45, 7) is 4.67. The van der Waals surface area contributed by atoms with Crippen LogP contribution in [0.1, 0.15) is 43.4 Å². The normalized spacial score (nSPS) is 15.4. The molecule has 0 aliphatic carbocycles. The highest BCUT2D eigenvalue weighted by molar-refractivity contribution is 6.62. The van der Waals surface area contributed by atoms with Crippen molar-refractivity contribution in [2.45, 2.75) is 57.0 Å². The lowest BCUT2D eigenvalue weighted by Crippen LogP contribution is -2.51. The van der Waals surface area contributed by atoms with Gasteiger partial charge in [-0.3, -0.25) is 14.4 Å². The average Bonchev–Trinajstić information content (AvgIpc) is 3.17. The molecule has 234 valence electrons. The summed E-state index contributed by atoms with van der Waals surface area (Å²) in [5.41, 5.74) is 17.4. The van der Waals surface area contributed by atoms with E-state index >= 15 is 0 Å². The zero-order valence-corrected chi connectivity index (χ0v) is 24.1. The first kappa shape index (κ1) is 34.0. The van der Waals surface area contributed by atoms with E-state index in [0.717, 1.165) is 17.7 Å². The minimum atomic E-state index is -4.53. The smallest absolute Gasteiger partial charge is 0.423 e. The Labute approximate surface area is 248 Å². The molecule has 43 heavy (non-hydrogen) atoms. The van der Waals surface area contributed by atoms with Crippen LogP contribution in [-0.4, -0.2) is 73.0 Å². The summed E-state index contributed by atoms with van der Waals surface area (Å²) in [6.07, 6.45) is -4.76. The van der Waals surface area contributed by atoms with E-state index in [4.69, 9.17) is 21.9 Å². The third-order valence-electron chi connectivity index (χ3n) is 7.15. The minimum absolute atomic E-state index is 0.0244. The molecule has 3 amide bonds. The Bertz CT molecular complexity index is 1290. The van der Waals surface area contributed by atoms with Crippen molar-refractivity contribution in [3.05, 3.63) is 59.2 Å². The molecule has 9 N–H and O–H groups in total. The molecule has 3 rings (SSSR count). The van der Waals surface area contributed by atoms with E-state index in [0.29, 0.717) is 29.8 Å². The van der Waals surface area contributed by atoms with Gasteiger partial charge in [0.1, 0.15) is 6.04 Å². The van der Waals surface area contributed by atoms with Crippen molar-refractivity contribution in [2.24, 2.45) is 17.2 Å². The van der Waals surface area contributed by atoms with Gasteiger partial charge in [0.05, 0.1) is 17.2 Å². The monoisotopic (exact) mass is 606 g/mol. The zero-order valence-electron chi connectivity index (χ0n) is 24.1. The van der Waals surface area contributed by atoms with E-state index in [1.165, 1.54) is 17.0 Å². The average molecular weight is 606 g/mol. The van der Waals surface area contributed by atoms with E-state index in [2.05, 4.69) is 10.6 Å². The second-order valence-corrected chi connectivity index (χ2v) is 10.8. The Morgan fingerprint density at radius 2 is 1.67 bits per heavy atom. The van der Waals surface area contributed by atoms with Crippen LogP contribution in [-0.2, 0) is 37.2 Å². The number of halogens is 3. The molecule has 2 aromatic carbocycles. The van der Waals surface area contributed by atoms with Crippen molar-refractivity contribution in [2.75, 3.05) is 31.5 Å². The van der Waals surface area contributed by atoms with Gasteiger partial charge in [-0.15, -0.1) is 0 Å². The molecule has 0 fully saturated rings. The van der Waals surface area contributed by atoms with Crippen molar-refractivity contribution in [3.8, 4) is 0 Å². The van der Waals surface area contributed by atoms with Crippen molar-refractivity contribution in [3.63, 3.8) is 0 Å². The van der Waals surface area contributed by atoms with E-state index < -0.39 is 48.4 Å². The van der Waals surface area contributed by atoms with Gasteiger partial charge >= 0.3 is 13.3 Å². The second kappa shape index (κ2) is 14.3. The summed E-state index contributed by atoms with van der Waals surface area (Å²) in [5, 5.41) is 15.6. The third-order valence-corrected chi connectivity index (χ3v) is 7.15. The molecule has 0 radical (unpaired) electrons. The Morgan fingerprint density at radius 3 is 2.26 bits per heavy atom. The Hall–Kier alpha value is -3.50. The number of carbonyl (C=O) groups is 3. The highest BCUT2D eigenvalue weighted by atomic mass is 19.4. The predicted octanol–water partition coefficient (Wildman–Crippen LogP) is 0.178. The van der Waals surface area contributed by atoms with Crippen LogP contribution in [0.3, 0.4) is 0 Å². The molecule has 0 unspecified atom stereocenters. The van der Waals surface area contributed by atoms with Gasteiger partial charge in [-0.25, -0.2) is 0 Å². The molecular weight excluding hydrogens is 568 g/mol. The molecule has 11 nitrogen and oxygen atoms in total. The number of alkyl halides is 3. The number of carbonyl (C=O) groups excluding carboxylic acids is 3. The predicted molar refractivity (Wildman–Crippen MR) is 156 cm³/mol. The zero-order chi connectivity index (χ0) is 31.9. The standard InChI is InChI=1S/C28H38BF3N6O5/c1-27(2)20-8-7-19(16-21(20)29(42)43-27)36-26(41)23(15-17-3-5-18(6-4-17)28(30,31)32)37-25(40)22(35)9-10-24(39)38(13-11-33)14-12-34/h3-8,16,22-23,42H,9-15,33-35H2,1-2H3,(H,36,41)(H,37,40)/t22-,23+/m0/s1. The fourth-order valence-electron chi connectivity index (χ4n) is 4.82. The molecule has 1 heterocycles. The number of nitrogens with two attached hydrogens (primary N) is 3. The summed E-state index contributed by atoms with van der Waals surface area (Å²) in [6, 6.07) is 6.71. The van der Waals surface area contributed by atoms with Crippen molar-refractivity contribution in [1.29, 1.82) is 0 Å². The number of fused-ring (bicyclic) bond motifs is 1. The van der Waals surface area contributed by atoms with Crippen LogP contribution in [0.25, 0.3) is 0 Å². The quantitative estimate of drug-likeness (QED) is 0.174. The van der Waals surface area contributed by atoms with Crippen LogP contribution in [0.4, 0.5) is 18.9 Å². The first-order valence-electron chi connectivity index (χ1n) is 13.9. The van der Waals surface area contributed by atoms with Crippen LogP contribution < -0.4 is 33.3 Å². The largest absolute Gasteiger partial charge is 0.492 e. The van der Waals surface area contributed by atoms with Crippen molar-refractivity contribution in [1.82, 2.24) is 10.2 Å². The van der Waals surface area contributed by atoms with Crippen molar-refractivity contribution < 1.29 is 37.2 Å². The van der Waals surface area contributed by atoms with Gasteiger partial charge in [0.2, 0.25) is 17.7 Å². The summed E-state index contributed by atoms with van der Waals surface area (Å²) in [4.78, 5) is 40.4. The SMILES string of the molecule is CC1(C)OB(O)c2cc(NC(=O)[C@@H](Cc3ccc(C(F)(F)F)cc3)NC(=O)[C@@H](N)CCC(=O)N(CCN)CCN)ccc21. The van der Waals surface area contributed by atoms with Crippen LogP contribution >= 0.6 is 0 Å². The molecule has 2 atom stereocenters. The van der Waals surface area contributed by atoms with Gasteiger partial charge in [-0.05, 0) is 61.1 Å². The van der Waals surface area contributed by atoms with E-state index in [1.54, 1.807) is 32.0 Å². The van der Waals surface area contributed by atoms with Crippen LogP contribution in [0.2, 0.25) is 0 Å². The van der Waals surface area contributed by atoms with Gasteiger partial charge in [0.15, 0.2) is 0 Å². The lowest BCUT2D eigenvalue weighted by molar-refractivity contribution is -0.137. The number of benzene rings is 2. The van der Waals surface area contributed by atoms with Gasteiger partial charge in [0.25, 0.3) is 0 Å². The van der Waals surface area contributed by atoms with E-state index in [1.807, 2.05) is 0 Å². The van der Waals surface area contributed by atoms with Crippen LogP contribution in [0.15, 0.2) is 42.5 Å². The van der Waals surface area contributed by atoms with Gasteiger partial charge in [-0.2, -0.15) is 13.2 Å². The fourth-order valence-corrected chi connectivity index (χ4v) is 4.82. The molecule has 15 heteroatoms. The summed E-state index contributed by atoms with van der Waals surface area (Å²) < 4.78 is 44.7.